The van der Waals surface area contributed by atoms with E-state index in [4.69, 9.17) is 4.74 Å². The molecule has 1 atom stereocenters. The van der Waals surface area contributed by atoms with E-state index in [0.29, 0.717) is 24.3 Å². The normalized spacial score (nSPS) is 16.3. The van der Waals surface area contributed by atoms with Crippen LogP contribution in [0.5, 0.6) is 5.75 Å². The lowest BCUT2D eigenvalue weighted by Crippen LogP contribution is -2.47. The van der Waals surface area contributed by atoms with Gasteiger partial charge in [0.1, 0.15) is 12.4 Å². The Morgan fingerprint density at radius 2 is 1.96 bits per heavy atom. The van der Waals surface area contributed by atoms with Gasteiger partial charge in [-0.25, -0.2) is 0 Å². The molecule has 1 N–H and O–H groups in total. The summed E-state index contributed by atoms with van der Waals surface area (Å²) in [4.78, 5) is 15.3. The smallest absolute Gasteiger partial charge is 0.256 e. The molecule has 1 heterocycles. The Bertz CT molecular complexity index is 743. The van der Waals surface area contributed by atoms with Crippen molar-refractivity contribution in [1.29, 1.82) is 0 Å². The van der Waals surface area contributed by atoms with Gasteiger partial charge in [0.25, 0.3) is 5.91 Å². The molecule has 1 aliphatic rings. The molecule has 0 spiro atoms. The minimum Gasteiger partial charge on any atom is -0.492 e. The summed E-state index contributed by atoms with van der Waals surface area (Å²) in [5.41, 5.74) is 2.52. The monoisotopic (exact) mass is 352 g/mol. The van der Waals surface area contributed by atoms with Crippen LogP contribution in [0.4, 0.5) is 5.69 Å². The second-order valence-corrected chi connectivity index (χ2v) is 7.10. The zero-order valence-corrected chi connectivity index (χ0v) is 15.9. The summed E-state index contributed by atoms with van der Waals surface area (Å²) in [5, 5.41) is 2.99. The van der Waals surface area contributed by atoms with Gasteiger partial charge in [0.05, 0.1) is 0 Å². The van der Waals surface area contributed by atoms with Crippen LogP contribution in [0.3, 0.4) is 0 Å². The lowest BCUT2D eigenvalue weighted by Gasteiger charge is -2.38. The molecular weight excluding hydrogens is 324 g/mol. The third-order valence-corrected chi connectivity index (χ3v) is 4.89. The van der Waals surface area contributed by atoms with E-state index < -0.39 is 0 Å². The van der Waals surface area contributed by atoms with Crippen LogP contribution in [0.2, 0.25) is 0 Å². The van der Waals surface area contributed by atoms with E-state index in [-0.39, 0.29) is 5.91 Å². The van der Waals surface area contributed by atoms with Gasteiger partial charge in [-0.2, -0.15) is 0 Å². The van der Waals surface area contributed by atoms with Crippen molar-refractivity contribution in [3.8, 4) is 5.75 Å². The lowest BCUT2D eigenvalue weighted by atomic mass is 9.95. The number of amides is 1. The minimum atomic E-state index is -0.0797. The molecule has 0 fully saturated rings. The summed E-state index contributed by atoms with van der Waals surface area (Å²) in [6, 6.07) is 16.1. The maximum atomic E-state index is 12.8. The highest BCUT2D eigenvalue weighted by Crippen LogP contribution is 2.30. The molecule has 4 heteroatoms. The van der Waals surface area contributed by atoms with Gasteiger partial charge >= 0.3 is 0 Å². The number of nitrogens with zero attached hydrogens (tertiary/aromatic N) is 1. The number of anilines is 1. The van der Waals surface area contributed by atoms with Crippen molar-refractivity contribution in [1.82, 2.24) is 4.90 Å². The van der Waals surface area contributed by atoms with Crippen molar-refractivity contribution in [2.45, 2.75) is 45.7 Å². The highest BCUT2D eigenvalue weighted by Gasteiger charge is 2.29. The molecule has 1 aliphatic heterocycles. The number of fused-ring (bicyclic) bond motifs is 1. The summed E-state index contributed by atoms with van der Waals surface area (Å²) >= 11 is 0. The number of ether oxygens (including phenoxy) is 1. The van der Waals surface area contributed by atoms with Crippen LogP contribution in [0.1, 0.15) is 43.1 Å². The van der Waals surface area contributed by atoms with Gasteiger partial charge in [0.15, 0.2) is 0 Å². The van der Waals surface area contributed by atoms with Crippen LogP contribution < -0.4 is 10.1 Å². The molecule has 2 aromatic rings. The molecule has 138 valence electrons. The lowest BCUT2D eigenvalue weighted by molar-refractivity contribution is 0.0909. The Kier molecular flexibility index (Phi) is 5.94. The first-order valence-electron chi connectivity index (χ1n) is 9.47. The van der Waals surface area contributed by atoms with Crippen molar-refractivity contribution in [3.63, 3.8) is 0 Å². The fourth-order valence-electron chi connectivity index (χ4n) is 3.66. The largest absolute Gasteiger partial charge is 0.492 e. The van der Waals surface area contributed by atoms with Gasteiger partial charge in [-0.3, -0.25) is 9.69 Å². The van der Waals surface area contributed by atoms with E-state index in [9.17, 15) is 4.79 Å². The summed E-state index contributed by atoms with van der Waals surface area (Å²) in [5.74, 6) is 0.756. The first kappa shape index (κ1) is 18.5. The topological polar surface area (TPSA) is 41.6 Å². The quantitative estimate of drug-likeness (QED) is 0.840. The Morgan fingerprint density at radius 3 is 2.65 bits per heavy atom. The van der Waals surface area contributed by atoms with Crippen LogP contribution in [0.15, 0.2) is 48.5 Å². The third kappa shape index (κ3) is 4.07. The zero-order chi connectivity index (χ0) is 18.5. The number of carbonyl (C=O) groups excluding carboxylic acids is 1. The standard InChI is InChI=1S/C22H28N2O2/c1-4-13-24(16(2)3)18-14-20-19(11-8-12-21(20)26-15-18)22(25)23-17-9-6-5-7-10-17/h5-12,16,18H,4,13-15H2,1-3H3,(H,23,25). The van der Waals surface area contributed by atoms with Crippen LogP contribution in [-0.4, -0.2) is 36.0 Å². The highest BCUT2D eigenvalue weighted by molar-refractivity contribution is 6.05. The van der Waals surface area contributed by atoms with Gasteiger partial charge in [-0.1, -0.05) is 31.2 Å². The van der Waals surface area contributed by atoms with E-state index >= 15 is 0 Å². The third-order valence-electron chi connectivity index (χ3n) is 4.89. The number of para-hydroxylation sites is 1. The molecule has 4 nitrogen and oxygen atoms in total. The fourth-order valence-corrected chi connectivity index (χ4v) is 3.66. The average Bonchev–Trinajstić information content (AvgIpc) is 2.65. The maximum Gasteiger partial charge on any atom is 0.256 e. The minimum absolute atomic E-state index is 0.0797. The molecule has 26 heavy (non-hydrogen) atoms. The number of rotatable bonds is 6. The molecule has 0 saturated carbocycles. The van der Waals surface area contributed by atoms with Crippen molar-refractivity contribution in [2.75, 3.05) is 18.5 Å². The number of nitrogens with one attached hydrogen (secondary N) is 1. The second kappa shape index (κ2) is 8.37. The van der Waals surface area contributed by atoms with Gasteiger partial charge < -0.3 is 10.1 Å². The van der Waals surface area contributed by atoms with Crippen LogP contribution in [0, 0.1) is 0 Å². The van der Waals surface area contributed by atoms with E-state index in [1.165, 1.54) is 0 Å². The first-order chi connectivity index (χ1) is 12.6. The predicted molar refractivity (Wildman–Crippen MR) is 106 cm³/mol. The van der Waals surface area contributed by atoms with Gasteiger partial charge in [-0.15, -0.1) is 0 Å². The molecule has 0 aliphatic carbocycles. The fraction of sp³-hybridized carbons (Fsp3) is 0.409. The van der Waals surface area contributed by atoms with Crippen molar-refractivity contribution in [2.24, 2.45) is 0 Å². The van der Waals surface area contributed by atoms with Gasteiger partial charge in [0, 0.05) is 28.9 Å². The molecule has 0 saturated heterocycles. The number of carbonyl (C=O) groups is 1. The van der Waals surface area contributed by atoms with E-state index in [2.05, 4.69) is 31.0 Å². The van der Waals surface area contributed by atoms with Crippen molar-refractivity contribution in [3.05, 3.63) is 59.7 Å². The van der Waals surface area contributed by atoms with Crippen LogP contribution in [-0.2, 0) is 6.42 Å². The molecular formula is C22H28N2O2. The van der Waals surface area contributed by atoms with E-state index in [0.717, 1.165) is 36.4 Å². The molecule has 1 unspecified atom stereocenters. The molecule has 1 amide bonds. The zero-order valence-electron chi connectivity index (χ0n) is 15.9. The van der Waals surface area contributed by atoms with E-state index in [1.807, 2.05) is 48.5 Å². The predicted octanol–water partition coefficient (Wildman–Crippen LogP) is 4.36. The molecule has 0 radical (unpaired) electrons. The van der Waals surface area contributed by atoms with Gasteiger partial charge in [0.2, 0.25) is 0 Å². The Balaban J connectivity index is 1.84. The molecule has 0 bridgehead atoms. The Labute approximate surface area is 156 Å². The number of benzene rings is 2. The number of hydrogen-bond acceptors (Lipinski definition) is 3. The summed E-state index contributed by atoms with van der Waals surface area (Å²) in [6.07, 6.45) is 1.95. The average molecular weight is 352 g/mol. The van der Waals surface area contributed by atoms with Gasteiger partial charge in [-0.05, 0) is 57.5 Å². The molecule has 0 aromatic heterocycles. The Hall–Kier alpha value is -2.33. The number of hydrogen-bond donors (Lipinski definition) is 1. The Morgan fingerprint density at radius 1 is 1.19 bits per heavy atom. The molecule has 3 rings (SSSR count). The molecule has 2 aromatic carbocycles. The summed E-state index contributed by atoms with van der Waals surface area (Å²) in [6.45, 7) is 8.36. The first-order valence-corrected chi connectivity index (χ1v) is 9.47. The van der Waals surface area contributed by atoms with Crippen molar-refractivity contribution < 1.29 is 9.53 Å². The van der Waals surface area contributed by atoms with E-state index in [1.54, 1.807) is 0 Å². The summed E-state index contributed by atoms with van der Waals surface area (Å²) in [7, 11) is 0. The maximum absolute atomic E-state index is 12.8. The van der Waals surface area contributed by atoms with Crippen LogP contribution in [0.25, 0.3) is 0 Å². The highest BCUT2D eigenvalue weighted by atomic mass is 16.5. The second-order valence-electron chi connectivity index (χ2n) is 7.10. The van der Waals surface area contributed by atoms with Crippen LogP contribution >= 0.6 is 0 Å². The SMILES string of the molecule is CCCN(C(C)C)C1COc2cccc(C(=O)Nc3ccccc3)c2C1. The summed E-state index contributed by atoms with van der Waals surface area (Å²) < 4.78 is 6.03. The van der Waals surface area contributed by atoms with Crippen molar-refractivity contribution >= 4 is 11.6 Å².